The fraction of sp³-hybridized carbons (Fsp3) is 0.857. The Hall–Kier alpha value is -0.940. The summed E-state index contributed by atoms with van der Waals surface area (Å²) >= 11 is 0. The summed E-state index contributed by atoms with van der Waals surface area (Å²) in [5, 5.41) is 9.50. The number of hydrogen-bond donors (Lipinski definition) is 2. The first-order chi connectivity index (χ1) is 9.16. The van der Waals surface area contributed by atoms with E-state index >= 15 is 0 Å². The number of carbonyl (C=O) groups excluding carboxylic acids is 2. The number of imide groups is 1. The summed E-state index contributed by atoms with van der Waals surface area (Å²) in [7, 11) is 0. The van der Waals surface area contributed by atoms with Crippen molar-refractivity contribution in [1.82, 2.24) is 4.90 Å². The van der Waals surface area contributed by atoms with Crippen LogP contribution in [0.3, 0.4) is 0 Å². The number of fused-ring (bicyclic) bond motifs is 1. The summed E-state index contributed by atoms with van der Waals surface area (Å²) in [5.74, 6) is 0.0636. The molecular formula is C14H23N2O3+. The zero-order chi connectivity index (χ0) is 13.4. The van der Waals surface area contributed by atoms with Gasteiger partial charge >= 0.3 is 0 Å². The van der Waals surface area contributed by atoms with E-state index in [2.05, 4.69) is 0 Å². The van der Waals surface area contributed by atoms with E-state index in [0.29, 0.717) is 6.67 Å². The molecule has 1 aliphatic carbocycles. The Balaban J connectivity index is 1.64. The molecule has 0 radical (unpaired) electrons. The predicted octanol–water partition coefficient (Wildman–Crippen LogP) is -0.841. The Morgan fingerprint density at radius 3 is 2.05 bits per heavy atom. The SMILES string of the molecule is O=C1[C@@H]2CCCC[C@H]2C(=O)N1C[NH+]1CCC(O)CC1. The van der Waals surface area contributed by atoms with Crippen molar-refractivity contribution < 1.29 is 19.6 Å². The van der Waals surface area contributed by atoms with E-state index in [9.17, 15) is 14.7 Å². The molecule has 3 rings (SSSR count). The van der Waals surface area contributed by atoms with Crippen molar-refractivity contribution in [3.63, 3.8) is 0 Å². The molecule has 0 spiro atoms. The monoisotopic (exact) mass is 267 g/mol. The number of rotatable bonds is 2. The van der Waals surface area contributed by atoms with Crippen molar-refractivity contribution in [3.8, 4) is 0 Å². The maximum Gasteiger partial charge on any atom is 0.237 e. The molecule has 2 saturated heterocycles. The molecule has 2 heterocycles. The van der Waals surface area contributed by atoms with Crippen LogP contribution in [0.15, 0.2) is 0 Å². The number of aliphatic hydroxyl groups excluding tert-OH is 1. The van der Waals surface area contributed by atoms with Crippen LogP contribution >= 0.6 is 0 Å². The lowest BCUT2D eigenvalue weighted by molar-refractivity contribution is -0.913. The van der Waals surface area contributed by atoms with Crippen molar-refractivity contribution >= 4 is 11.8 Å². The van der Waals surface area contributed by atoms with E-state index in [1.807, 2.05) is 0 Å². The van der Waals surface area contributed by atoms with Crippen LogP contribution in [0.5, 0.6) is 0 Å². The average molecular weight is 267 g/mol. The van der Waals surface area contributed by atoms with Crippen molar-refractivity contribution in [3.05, 3.63) is 0 Å². The van der Waals surface area contributed by atoms with Gasteiger partial charge in [-0.3, -0.25) is 9.59 Å². The van der Waals surface area contributed by atoms with Crippen LogP contribution in [0.25, 0.3) is 0 Å². The van der Waals surface area contributed by atoms with Gasteiger partial charge in [0.15, 0.2) is 6.67 Å². The van der Waals surface area contributed by atoms with E-state index in [0.717, 1.165) is 51.6 Å². The summed E-state index contributed by atoms with van der Waals surface area (Å²) in [6.07, 6.45) is 5.29. The molecular weight excluding hydrogens is 244 g/mol. The molecule has 0 bridgehead atoms. The largest absolute Gasteiger partial charge is 0.393 e. The molecule has 2 aliphatic heterocycles. The van der Waals surface area contributed by atoms with Gasteiger partial charge in [0.25, 0.3) is 0 Å². The third-order valence-electron chi connectivity index (χ3n) is 4.98. The van der Waals surface area contributed by atoms with Gasteiger partial charge in [0, 0.05) is 12.8 Å². The predicted molar refractivity (Wildman–Crippen MR) is 68.1 cm³/mol. The van der Waals surface area contributed by atoms with Crippen LogP contribution in [-0.2, 0) is 9.59 Å². The number of quaternary nitrogens is 1. The lowest BCUT2D eigenvalue weighted by atomic mass is 9.81. The van der Waals surface area contributed by atoms with E-state index < -0.39 is 0 Å². The Kier molecular flexibility index (Phi) is 3.58. The number of likely N-dealkylation sites (tertiary alicyclic amines) is 2. The first kappa shape index (κ1) is 13.1. The second-order valence-electron chi connectivity index (χ2n) is 6.24. The van der Waals surface area contributed by atoms with Crippen molar-refractivity contribution in [1.29, 1.82) is 0 Å². The van der Waals surface area contributed by atoms with Crippen LogP contribution in [0.1, 0.15) is 38.5 Å². The molecule has 2 amide bonds. The van der Waals surface area contributed by atoms with Gasteiger partial charge in [0.1, 0.15) is 0 Å². The standard InChI is InChI=1S/C14H22N2O3/c17-10-5-7-15(8-6-10)9-16-13(18)11-3-1-2-4-12(11)14(16)19/h10-12,17H,1-9H2/p+1/t11-,12-/m1/s1. The van der Waals surface area contributed by atoms with E-state index in [-0.39, 0.29) is 29.8 Å². The third-order valence-corrected chi connectivity index (χ3v) is 4.98. The van der Waals surface area contributed by atoms with E-state index in [1.54, 1.807) is 0 Å². The molecule has 2 N–H and O–H groups in total. The minimum atomic E-state index is -0.198. The molecule has 0 aromatic carbocycles. The Morgan fingerprint density at radius 2 is 1.53 bits per heavy atom. The number of nitrogens with one attached hydrogen (secondary N) is 1. The molecule has 3 fully saturated rings. The van der Waals surface area contributed by atoms with Gasteiger partial charge in [-0.05, 0) is 12.8 Å². The van der Waals surface area contributed by atoms with Crippen molar-refractivity contribution in [2.75, 3.05) is 19.8 Å². The van der Waals surface area contributed by atoms with Crippen LogP contribution in [0.2, 0.25) is 0 Å². The van der Waals surface area contributed by atoms with Gasteiger partial charge in [-0.25, -0.2) is 4.90 Å². The number of carbonyl (C=O) groups is 2. The zero-order valence-electron chi connectivity index (χ0n) is 11.3. The van der Waals surface area contributed by atoms with Gasteiger partial charge in [0.05, 0.1) is 31.0 Å². The van der Waals surface area contributed by atoms with Crippen LogP contribution < -0.4 is 4.90 Å². The van der Waals surface area contributed by atoms with Crippen LogP contribution in [0.4, 0.5) is 0 Å². The number of aliphatic hydroxyl groups is 1. The number of amides is 2. The molecule has 106 valence electrons. The fourth-order valence-corrected chi connectivity index (χ4v) is 3.78. The second kappa shape index (κ2) is 5.21. The third kappa shape index (κ3) is 2.41. The molecule has 1 saturated carbocycles. The second-order valence-corrected chi connectivity index (χ2v) is 6.24. The van der Waals surface area contributed by atoms with Crippen molar-refractivity contribution in [2.24, 2.45) is 11.8 Å². The topological polar surface area (TPSA) is 62.0 Å². The molecule has 5 heteroatoms. The van der Waals surface area contributed by atoms with E-state index in [1.165, 1.54) is 9.80 Å². The van der Waals surface area contributed by atoms with Gasteiger partial charge in [-0.15, -0.1) is 0 Å². The normalized spacial score (nSPS) is 39.5. The average Bonchev–Trinajstić information content (AvgIpc) is 2.67. The molecule has 3 aliphatic rings. The van der Waals surface area contributed by atoms with E-state index in [4.69, 9.17) is 0 Å². The molecule has 5 nitrogen and oxygen atoms in total. The Labute approximate surface area is 113 Å². The highest BCUT2D eigenvalue weighted by Gasteiger charge is 2.49. The molecule has 0 aromatic rings. The van der Waals surface area contributed by atoms with Crippen LogP contribution in [-0.4, -0.2) is 47.7 Å². The summed E-state index contributed by atoms with van der Waals surface area (Å²) in [6, 6.07) is 0. The highest BCUT2D eigenvalue weighted by atomic mass is 16.3. The summed E-state index contributed by atoms with van der Waals surface area (Å²) in [6.45, 7) is 2.22. The molecule has 0 unspecified atom stereocenters. The van der Waals surface area contributed by atoms with Gasteiger partial charge in [-0.1, -0.05) is 12.8 Å². The number of piperidine rings is 1. The maximum atomic E-state index is 12.3. The summed E-state index contributed by atoms with van der Waals surface area (Å²) in [4.78, 5) is 27.4. The minimum Gasteiger partial charge on any atom is -0.393 e. The molecule has 0 aromatic heterocycles. The zero-order valence-corrected chi connectivity index (χ0v) is 11.3. The highest BCUT2D eigenvalue weighted by molar-refractivity contribution is 6.05. The lowest BCUT2D eigenvalue weighted by Gasteiger charge is -2.29. The molecule has 2 atom stereocenters. The summed E-state index contributed by atoms with van der Waals surface area (Å²) in [5.41, 5.74) is 0. The minimum absolute atomic E-state index is 0.0315. The lowest BCUT2D eigenvalue weighted by Crippen LogP contribution is -3.14. The number of nitrogens with zero attached hydrogens (tertiary/aromatic N) is 1. The first-order valence-corrected chi connectivity index (χ1v) is 7.53. The highest BCUT2D eigenvalue weighted by Crippen LogP contribution is 2.37. The van der Waals surface area contributed by atoms with Gasteiger partial charge in [0.2, 0.25) is 11.8 Å². The Morgan fingerprint density at radius 1 is 1.00 bits per heavy atom. The number of hydrogen-bond acceptors (Lipinski definition) is 3. The molecule has 19 heavy (non-hydrogen) atoms. The van der Waals surface area contributed by atoms with Crippen molar-refractivity contribution in [2.45, 2.75) is 44.6 Å². The van der Waals surface area contributed by atoms with Crippen LogP contribution in [0, 0.1) is 11.8 Å². The quantitative estimate of drug-likeness (QED) is 0.641. The maximum absolute atomic E-state index is 12.3. The van der Waals surface area contributed by atoms with Gasteiger partial charge in [-0.2, -0.15) is 0 Å². The summed E-state index contributed by atoms with van der Waals surface area (Å²) < 4.78 is 0. The smallest absolute Gasteiger partial charge is 0.237 e. The first-order valence-electron chi connectivity index (χ1n) is 7.53. The van der Waals surface area contributed by atoms with Gasteiger partial charge < -0.3 is 10.0 Å². The Bertz CT molecular complexity index is 353. The fourth-order valence-electron chi connectivity index (χ4n) is 3.78.